The maximum absolute atomic E-state index is 12.1. The van der Waals surface area contributed by atoms with Crippen LogP contribution in [-0.4, -0.2) is 16.7 Å². The van der Waals surface area contributed by atoms with Gasteiger partial charge in [-0.2, -0.15) is 0 Å². The van der Waals surface area contributed by atoms with Crippen LogP contribution in [0.1, 0.15) is 37.8 Å². The van der Waals surface area contributed by atoms with Crippen molar-refractivity contribution in [2.24, 2.45) is 0 Å². The highest BCUT2D eigenvalue weighted by Crippen LogP contribution is 2.20. The number of nitrogens with one attached hydrogen (secondary N) is 2. The zero-order valence-electron chi connectivity index (χ0n) is 12.8. The monoisotopic (exact) mass is 317 g/mol. The van der Waals surface area contributed by atoms with Crippen LogP contribution in [0.15, 0.2) is 28.7 Å². The van der Waals surface area contributed by atoms with Crippen molar-refractivity contribution < 1.29 is 18.9 Å². The highest BCUT2D eigenvalue weighted by atomic mass is 16.6. The van der Waals surface area contributed by atoms with Crippen molar-refractivity contribution in [2.45, 2.75) is 20.8 Å². The van der Waals surface area contributed by atoms with E-state index in [9.17, 15) is 19.7 Å². The van der Waals surface area contributed by atoms with Crippen LogP contribution in [0.4, 0.5) is 5.69 Å². The van der Waals surface area contributed by atoms with Crippen LogP contribution in [0.3, 0.4) is 0 Å². The molecule has 8 heteroatoms. The van der Waals surface area contributed by atoms with E-state index in [4.69, 9.17) is 4.42 Å². The average molecular weight is 317 g/mol. The molecule has 1 aromatic heterocycles. The van der Waals surface area contributed by atoms with Gasteiger partial charge in [0.1, 0.15) is 11.5 Å². The van der Waals surface area contributed by atoms with Crippen LogP contribution >= 0.6 is 0 Å². The van der Waals surface area contributed by atoms with Gasteiger partial charge in [0.15, 0.2) is 0 Å². The largest absolute Gasteiger partial charge is 0.466 e. The third kappa shape index (κ3) is 3.37. The maximum atomic E-state index is 12.1. The first-order chi connectivity index (χ1) is 10.8. The van der Waals surface area contributed by atoms with Crippen molar-refractivity contribution in [3.05, 3.63) is 62.6 Å². The number of aryl methyl sites for hydroxylation is 2. The van der Waals surface area contributed by atoms with Gasteiger partial charge in [0.25, 0.3) is 17.5 Å². The van der Waals surface area contributed by atoms with E-state index in [1.165, 1.54) is 24.3 Å². The molecule has 0 unspecified atom stereocenters. The summed E-state index contributed by atoms with van der Waals surface area (Å²) >= 11 is 0. The molecule has 0 atom stereocenters. The maximum Gasteiger partial charge on any atom is 0.273 e. The Morgan fingerprint density at radius 3 is 2.04 bits per heavy atom. The summed E-state index contributed by atoms with van der Waals surface area (Å²) in [5.74, 6) is 0.0207. The van der Waals surface area contributed by atoms with Gasteiger partial charge in [-0.15, -0.1) is 0 Å². The third-order valence-electron chi connectivity index (χ3n) is 3.42. The van der Waals surface area contributed by atoms with E-state index in [0.29, 0.717) is 22.6 Å². The fraction of sp³-hybridized carbons (Fsp3) is 0.200. The Balaban J connectivity index is 2.04. The number of carbonyl (C=O) groups excluding carboxylic acids is 2. The van der Waals surface area contributed by atoms with Gasteiger partial charge in [-0.25, -0.2) is 0 Å². The van der Waals surface area contributed by atoms with E-state index in [0.717, 1.165) is 0 Å². The topological polar surface area (TPSA) is 114 Å². The normalized spacial score (nSPS) is 10.2. The Morgan fingerprint density at radius 1 is 1.00 bits per heavy atom. The summed E-state index contributed by atoms with van der Waals surface area (Å²) < 4.78 is 5.36. The highest BCUT2D eigenvalue weighted by molar-refractivity contribution is 6.00. The summed E-state index contributed by atoms with van der Waals surface area (Å²) in [4.78, 5) is 34.0. The SMILES string of the molecule is Cc1oc(C)c(C(=O)NNC(=O)c2ccc([N+](=O)[O-])cc2)c1C. The number of hydrogen-bond acceptors (Lipinski definition) is 5. The number of hydrogen-bond donors (Lipinski definition) is 2. The lowest BCUT2D eigenvalue weighted by molar-refractivity contribution is -0.384. The zero-order valence-corrected chi connectivity index (χ0v) is 12.8. The molecule has 0 radical (unpaired) electrons. The van der Waals surface area contributed by atoms with Crippen LogP contribution in [0, 0.1) is 30.9 Å². The molecule has 0 saturated carbocycles. The van der Waals surface area contributed by atoms with Crippen LogP contribution < -0.4 is 10.9 Å². The number of amides is 2. The van der Waals surface area contributed by atoms with Crippen LogP contribution in [0.2, 0.25) is 0 Å². The van der Waals surface area contributed by atoms with E-state index in [2.05, 4.69) is 10.9 Å². The second-order valence-electron chi connectivity index (χ2n) is 4.93. The minimum Gasteiger partial charge on any atom is -0.466 e. The lowest BCUT2D eigenvalue weighted by Crippen LogP contribution is -2.41. The number of hydrazine groups is 1. The van der Waals surface area contributed by atoms with Gasteiger partial charge in [0, 0.05) is 23.3 Å². The van der Waals surface area contributed by atoms with Crippen LogP contribution in [0.25, 0.3) is 0 Å². The van der Waals surface area contributed by atoms with Gasteiger partial charge >= 0.3 is 0 Å². The first-order valence-corrected chi connectivity index (χ1v) is 6.73. The predicted molar refractivity (Wildman–Crippen MR) is 80.9 cm³/mol. The quantitative estimate of drug-likeness (QED) is 0.665. The van der Waals surface area contributed by atoms with E-state index < -0.39 is 16.7 Å². The number of furan rings is 1. The molecule has 23 heavy (non-hydrogen) atoms. The van der Waals surface area contributed by atoms with Gasteiger partial charge in [-0.1, -0.05) is 0 Å². The molecule has 2 N–H and O–H groups in total. The number of rotatable bonds is 3. The predicted octanol–water partition coefficient (Wildman–Crippen LogP) is 2.19. The molecule has 1 aromatic carbocycles. The molecule has 0 saturated heterocycles. The van der Waals surface area contributed by atoms with E-state index in [1.54, 1.807) is 20.8 Å². The van der Waals surface area contributed by atoms with Gasteiger partial charge in [0.2, 0.25) is 0 Å². The van der Waals surface area contributed by atoms with Gasteiger partial charge in [-0.3, -0.25) is 30.6 Å². The summed E-state index contributed by atoms with van der Waals surface area (Å²) in [7, 11) is 0. The fourth-order valence-electron chi connectivity index (χ4n) is 2.11. The van der Waals surface area contributed by atoms with Gasteiger partial charge < -0.3 is 4.42 Å². The minimum absolute atomic E-state index is 0.120. The molecule has 0 spiro atoms. The van der Waals surface area contributed by atoms with E-state index in [-0.39, 0.29) is 11.3 Å². The third-order valence-corrected chi connectivity index (χ3v) is 3.42. The molecule has 0 fully saturated rings. The lowest BCUT2D eigenvalue weighted by Gasteiger charge is -2.07. The average Bonchev–Trinajstić information content (AvgIpc) is 2.77. The molecule has 2 aromatic rings. The van der Waals surface area contributed by atoms with Crippen molar-refractivity contribution in [3.8, 4) is 0 Å². The number of carbonyl (C=O) groups is 2. The second-order valence-corrected chi connectivity index (χ2v) is 4.93. The van der Waals surface area contributed by atoms with Crippen molar-refractivity contribution >= 4 is 17.5 Å². The van der Waals surface area contributed by atoms with Crippen molar-refractivity contribution in [2.75, 3.05) is 0 Å². The molecule has 0 aliphatic heterocycles. The van der Waals surface area contributed by atoms with E-state index in [1.807, 2.05) is 0 Å². The van der Waals surface area contributed by atoms with Crippen molar-refractivity contribution in [1.82, 2.24) is 10.9 Å². The Bertz CT molecular complexity index is 777. The Labute approximate surface area is 131 Å². The minimum atomic E-state index is -0.580. The Morgan fingerprint density at radius 2 is 1.57 bits per heavy atom. The molecule has 1 heterocycles. The second kappa shape index (κ2) is 6.30. The summed E-state index contributed by atoms with van der Waals surface area (Å²) in [5, 5.41) is 10.6. The summed E-state index contributed by atoms with van der Waals surface area (Å²) in [5.41, 5.74) is 5.69. The molecule has 120 valence electrons. The Kier molecular flexibility index (Phi) is 4.44. The fourth-order valence-corrected chi connectivity index (χ4v) is 2.11. The summed E-state index contributed by atoms with van der Waals surface area (Å²) in [6.07, 6.45) is 0. The highest BCUT2D eigenvalue weighted by Gasteiger charge is 2.19. The first-order valence-electron chi connectivity index (χ1n) is 6.73. The van der Waals surface area contributed by atoms with Crippen LogP contribution in [0.5, 0.6) is 0 Å². The first kappa shape index (κ1) is 16.2. The number of nitro groups is 1. The number of nitrogens with zero attached hydrogens (tertiary/aromatic N) is 1. The van der Waals surface area contributed by atoms with Gasteiger partial charge in [0.05, 0.1) is 10.5 Å². The molecule has 2 amide bonds. The molecular formula is C15H15N3O5. The summed E-state index contributed by atoms with van der Waals surface area (Å²) in [6, 6.07) is 5.03. The lowest BCUT2D eigenvalue weighted by atomic mass is 10.1. The number of nitro benzene ring substituents is 1. The number of benzene rings is 1. The van der Waals surface area contributed by atoms with Crippen LogP contribution in [-0.2, 0) is 0 Å². The molecule has 2 rings (SSSR count). The molecule has 0 aliphatic rings. The molecule has 0 aliphatic carbocycles. The number of non-ortho nitro benzene ring substituents is 1. The standard InChI is InChI=1S/C15H15N3O5/c1-8-9(2)23-10(3)13(8)15(20)17-16-14(19)11-4-6-12(7-5-11)18(21)22/h4-7H,1-3H3,(H,16,19)(H,17,20). The molecule has 8 nitrogen and oxygen atoms in total. The molecule has 0 bridgehead atoms. The summed E-state index contributed by atoms with van der Waals surface area (Å²) in [6.45, 7) is 5.15. The van der Waals surface area contributed by atoms with Gasteiger partial charge in [-0.05, 0) is 32.9 Å². The van der Waals surface area contributed by atoms with E-state index >= 15 is 0 Å². The van der Waals surface area contributed by atoms with Crippen molar-refractivity contribution in [1.29, 1.82) is 0 Å². The molecular weight excluding hydrogens is 302 g/mol. The smallest absolute Gasteiger partial charge is 0.273 e. The zero-order chi connectivity index (χ0) is 17.1. The Hall–Kier alpha value is -3.16. The van der Waals surface area contributed by atoms with Crippen molar-refractivity contribution in [3.63, 3.8) is 0 Å².